The van der Waals surface area contributed by atoms with Crippen LogP contribution in [0.4, 0.5) is 11.8 Å². The molecule has 0 atom stereocenters. The van der Waals surface area contributed by atoms with Crippen LogP contribution in [0.15, 0.2) is 24.3 Å². The zero-order chi connectivity index (χ0) is 27.4. The maximum atomic E-state index is 13.7. The number of aromatic nitrogens is 6. The number of anilines is 2. The molecule has 4 aromatic rings. The van der Waals surface area contributed by atoms with E-state index in [2.05, 4.69) is 9.80 Å². The minimum absolute atomic E-state index is 0.0819. The molecule has 0 unspecified atom stereocenters. The molecule has 1 amide bonds. The zero-order valence-electron chi connectivity index (χ0n) is 23.2. The molecule has 6 heterocycles. The van der Waals surface area contributed by atoms with Gasteiger partial charge in [-0.05, 0) is 12.1 Å². The van der Waals surface area contributed by atoms with E-state index in [1.54, 1.807) is 0 Å². The maximum absolute atomic E-state index is 13.7. The molecule has 210 valence electrons. The first-order valence-corrected chi connectivity index (χ1v) is 13.8. The number of likely N-dealkylation sites (tertiary alicyclic amines) is 1. The van der Waals surface area contributed by atoms with Crippen LogP contribution in [0.5, 0.6) is 0 Å². The van der Waals surface area contributed by atoms with E-state index < -0.39 is 0 Å². The summed E-state index contributed by atoms with van der Waals surface area (Å²) in [6.07, 6.45) is 0. The molecule has 0 N–H and O–H groups in total. The van der Waals surface area contributed by atoms with Crippen LogP contribution in [0.2, 0.25) is 0 Å². The molecule has 0 saturated carbocycles. The zero-order valence-corrected chi connectivity index (χ0v) is 23.2. The van der Waals surface area contributed by atoms with Gasteiger partial charge in [-0.3, -0.25) is 9.69 Å². The molecular formula is C27H34N10O3. The van der Waals surface area contributed by atoms with Crippen LogP contribution in [0, 0.1) is 0 Å². The van der Waals surface area contributed by atoms with Crippen molar-refractivity contribution in [1.82, 2.24) is 38.9 Å². The van der Waals surface area contributed by atoms with Gasteiger partial charge in [0.2, 0.25) is 17.7 Å². The Morgan fingerprint density at radius 2 is 1.62 bits per heavy atom. The number of rotatable bonds is 5. The second-order valence-electron chi connectivity index (χ2n) is 10.8. The number of hydrogen-bond donors (Lipinski definition) is 0. The van der Waals surface area contributed by atoms with Crippen LogP contribution in [0.3, 0.4) is 0 Å². The van der Waals surface area contributed by atoms with Gasteiger partial charge >= 0.3 is 0 Å². The standard InChI is InChI=1S/C27H34N10O3/c1-32(2)27-28-19-6-4-5-7-20(19)37(27)26-30-22-21(23(31-26)35-10-14-40-15-11-35)29-24(33(22)3)25(38)36-16-18(17-36)34-8-12-39-13-9-34/h4-7,18H,8-17H2,1-3H3. The molecule has 1 aromatic carbocycles. The van der Waals surface area contributed by atoms with Gasteiger partial charge in [-0.2, -0.15) is 9.97 Å². The number of fused-ring (bicyclic) bond motifs is 2. The quantitative estimate of drug-likeness (QED) is 0.356. The molecule has 0 radical (unpaired) electrons. The summed E-state index contributed by atoms with van der Waals surface area (Å²) in [5.74, 6) is 2.21. The fourth-order valence-corrected chi connectivity index (χ4v) is 5.77. The van der Waals surface area contributed by atoms with Crippen molar-refractivity contribution >= 4 is 39.9 Å². The number of amides is 1. The van der Waals surface area contributed by atoms with E-state index in [0.29, 0.717) is 74.2 Å². The topological polar surface area (TPSA) is 110 Å². The van der Waals surface area contributed by atoms with E-state index in [1.807, 2.05) is 64.3 Å². The number of morpholine rings is 2. The Morgan fingerprint density at radius 1 is 0.925 bits per heavy atom. The lowest BCUT2D eigenvalue weighted by Gasteiger charge is -2.46. The highest BCUT2D eigenvalue weighted by Gasteiger charge is 2.38. The lowest BCUT2D eigenvalue weighted by Crippen LogP contribution is -2.63. The lowest BCUT2D eigenvalue weighted by molar-refractivity contribution is -0.0260. The molecule has 3 aliphatic heterocycles. The second kappa shape index (κ2) is 9.98. The molecule has 3 fully saturated rings. The minimum Gasteiger partial charge on any atom is -0.379 e. The first-order valence-electron chi connectivity index (χ1n) is 13.8. The molecule has 3 aromatic heterocycles. The summed E-state index contributed by atoms with van der Waals surface area (Å²) in [4.78, 5) is 41.8. The number of aryl methyl sites for hydroxylation is 1. The number of carbonyl (C=O) groups is 1. The molecule has 40 heavy (non-hydrogen) atoms. The molecule has 7 rings (SSSR count). The predicted molar refractivity (Wildman–Crippen MR) is 150 cm³/mol. The second-order valence-corrected chi connectivity index (χ2v) is 10.8. The predicted octanol–water partition coefficient (Wildman–Crippen LogP) is 0.761. The SMILES string of the molecule is CN(C)c1nc2ccccc2n1-c1nc(N2CCOCC2)c2nc(C(=O)N3CC(N4CCOCC4)C3)n(C)c2n1. The van der Waals surface area contributed by atoms with Crippen LogP contribution in [-0.2, 0) is 16.5 Å². The Balaban J connectivity index is 1.31. The highest BCUT2D eigenvalue weighted by Crippen LogP contribution is 2.31. The van der Waals surface area contributed by atoms with Crippen LogP contribution < -0.4 is 9.80 Å². The minimum atomic E-state index is -0.0819. The van der Waals surface area contributed by atoms with E-state index in [-0.39, 0.29) is 5.91 Å². The van der Waals surface area contributed by atoms with Gasteiger partial charge in [0, 0.05) is 66.5 Å². The van der Waals surface area contributed by atoms with Crippen molar-refractivity contribution in [3.63, 3.8) is 0 Å². The Labute approximate surface area is 231 Å². The molecule has 13 heteroatoms. The third kappa shape index (κ3) is 4.16. The maximum Gasteiger partial charge on any atom is 0.290 e. The molecule has 0 bridgehead atoms. The highest BCUT2D eigenvalue weighted by molar-refractivity contribution is 5.97. The molecule has 0 aliphatic carbocycles. The van der Waals surface area contributed by atoms with E-state index in [4.69, 9.17) is 29.4 Å². The van der Waals surface area contributed by atoms with Crippen molar-refractivity contribution in [2.24, 2.45) is 7.05 Å². The van der Waals surface area contributed by atoms with Crippen molar-refractivity contribution in [3.05, 3.63) is 30.1 Å². The summed E-state index contributed by atoms with van der Waals surface area (Å²) < 4.78 is 14.9. The number of para-hydroxylation sites is 2. The largest absolute Gasteiger partial charge is 0.379 e. The molecule has 0 spiro atoms. The van der Waals surface area contributed by atoms with Gasteiger partial charge in [-0.1, -0.05) is 12.1 Å². The monoisotopic (exact) mass is 546 g/mol. The Hall–Kier alpha value is -3.81. The first kappa shape index (κ1) is 25.2. The number of nitrogens with zero attached hydrogens (tertiary/aromatic N) is 10. The average Bonchev–Trinajstić information content (AvgIpc) is 3.51. The van der Waals surface area contributed by atoms with E-state index in [1.165, 1.54) is 0 Å². The van der Waals surface area contributed by atoms with Crippen molar-refractivity contribution in [2.75, 3.05) is 89.6 Å². The van der Waals surface area contributed by atoms with Gasteiger partial charge in [0.15, 0.2) is 17.0 Å². The summed E-state index contributed by atoms with van der Waals surface area (Å²) in [5.41, 5.74) is 3.00. The van der Waals surface area contributed by atoms with Crippen molar-refractivity contribution in [3.8, 4) is 5.95 Å². The fourth-order valence-electron chi connectivity index (χ4n) is 5.77. The summed E-state index contributed by atoms with van der Waals surface area (Å²) >= 11 is 0. The summed E-state index contributed by atoms with van der Waals surface area (Å²) in [7, 11) is 5.77. The normalized spacial score (nSPS) is 19.0. The smallest absolute Gasteiger partial charge is 0.290 e. The van der Waals surface area contributed by atoms with E-state index in [9.17, 15) is 4.79 Å². The number of ether oxygens (including phenoxy) is 2. The number of hydrogen-bond acceptors (Lipinski definition) is 10. The summed E-state index contributed by atoms with van der Waals surface area (Å²) in [6, 6.07) is 8.33. The lowest BCUT2D eigenvalue weighted by atomic mass is 10.1. The van der Waals surface area contributed by atoms with Gasteiger partial charge in [-0.25, -0.2) is 14.5 Å². The first-order chi connectivity index (χ1) is 19.5. The van der Waals surface area contributed by atoms with Gasteiger partial charge in [0.1, 0.15) is 0 Å². The van der Waals surface area contributed by atoms with Crippen LogP contribution in [0.1, 0.15) is 10.6 Å². The van der Waals surface area contributed by atoms with E-state index >= 15 is 0 Å². The molecular weight excluding hydrogens is 512 g/mol. The average molecular weight is 547 g/mol. The van der Waals surface area contributed by atoms with Crippen LogP contribution in [0.25, 0.3) is 28.1 Å². The van der Waals surface area contributed by atoms with Crippen molar-refractivity contribution in [1.29, 1.82) is 0 Å². The Morgan fingerprint density at radius 3 is 2.35 bits per heavy atom. The number of benzene rings is 1. The Kier molecular flexibility index (Phi) is 6.28. The van der Waals surface area contributed by atoms with Gasteiger partial charge in [0.05, 0.1) is 37.5 Å². The summed E-state index contributed by atoms with van der Waals surface area (Å²) in [5, 5.41) is 0. The number of carbonyl (C=O) groups excluding carboxylic acids is 1. The third-order valence-electron chi connectivity index (χ3n) is 8.05. The van der Waals surface area contributed by atoms with E-state index in [0.717, 1.165) is 43.3 Å². The van der Waals surface area contributed by atoms with Gasteiger partial charge < -0.3 is 28.7 Å². The third-order valence-corrected chi connectivity index (χ3v) is 8.05. The Bertz CT molecular complexity index is 1560. The van der Waals surface area contributed by atoms with Crippen LogP contribution >= 0.6 is 0 Å². The van der Waals surface area contributed by atoms with Gasteiger partial charge in [0.25, 0.3) is 5.91 Å². The molecule has 3 saturated heterocycles. The molecule has 3 aliphatic rings. The van der Waals surface area contributed by atoms with Crippen molar-refractivity contribution < 1.29 is 14.3 Å². The fraction of sp³-hybridized carbons (Fsp3) is 0.519. The highest BCUT2D eigenvalue weighted by atomic mass is 16.5. The summed E-state index contributed by atoms with van der Waals surface area (Å²) in [6.45, 7) is 7.31. The van der Waals surface area contributed by atoms with Crippen LogP contribution in [-0.4, -0.2) is 131 Å². The van der Waals surface area contributed by atoms with Gasteiger partial charge in [-0.15, -0.1) is 0 Å². The van der Waals surface area contributed by atoms with Crippen molar-refractivity contribution in [2.45, 2.75) is 6.04 Å². The molecule has 13 nitrogen and oxygen atoms in total. The number of imidazole rings is 2.